The van der Waals surface area contributed by atoms with Crippen LogP contribution in [0.4, 0.5) is 0 Å². The molecule has 2 rings (SSSR count). The van der Waals surface area contributed by atoms with Crippen molar-refractivity contribution in [2.24, 2.45) is 0 Å². The number of amides is 1. The highest BCUT2D eigenvalue weighted by Crippen LogP contribution is 2.26. The van der Waals surface area contributed by atoms with E-state index in [1.807, 2.05) is 18.2 Å². The Morgan fingerprint density at radius 3 is 2.75 bits per heavy atom. The molecule has 0 N–H and O–H groups in total. The van der Waals surface area contributed by atoms with Gasteiger partial charge in [-0.05, 0) is 46.3 Å². The monoisotopic (exact) mass is 373 g/mol. The van der Waals surface area contributed by atoms with Gasteiger partial charge in [0.1, 0.15) is 5.75 Å². The lowest BCUT2D eigenvalue weighted by Gasteiger charge is -2.17. The van der Waals surface area contributed by atoms with Crippen molar-refractivity contribution in [3.05, 3.63) is 49.6 Å². The van der Waals surface area contributed by atoms with Crippen molar-refractivity contribution in [3.8, 4) is 5.75 Å². The molecule has 106 valence electrons. The number of rotatable bonds is 4. The van der Waals surface area contributed by atoms with Gasteiger partial charge in [0.2, 0.25) is 0 Å². The molecule has 3 nitrogen and oxygen atoms in total. The highest BCUT2D eigenvalue weighted by molar-refractivity contribution is 9.10. The fourth-order valence-electron chi connectivity index (χ4n) is 1.74. The maximum Gasteiger partial charge on any atom is 0.255 e. The topological polar surface area (TPSA) is 29.5 Å². The minimum Gasteiger partial charge on any atom is -0.497 e. The molecule has 2 aromatic rings. The number of benzene rings is 1. The second-order valence-corrected chi connectivity index (χ2v) is 6.87. The predicted molar refractivity (Wildman–Crippen MR) is 85.8 cm³/mol. The molecule has 0 spiro atoms. The van der Waals surface area contributed by atoms with Gasteiger partial charge in [-0.2, -0.15) is 0 Å². The maximum atomic E-state index is 12.5. The van der Waals surface area contributed by atoms with Gasteiger partial charge in [-0.15, -0.1) is 11.3 Å². The number of ether oxygens (including phenoxy) is 1. The molecule has 0 atom stereocenters. The summed E-state index contributed by atoms with van der Waals surface area (Å²) in [6.07, 6.45) is 0. The van der Waals surface area contributed by atoms with Gasteiger partial charge in [0.25, 0.3) is 5.91 Å². The summed E-state index contributed by atoms with van der Waals surface area (Å²) in [5.74, 6) is 0.587. The molecule has 20 heavy (non-hydrogen) atoms. The molecule has 0 bridgehead atoms. The maximum absolute atomic E-state index is 12.5. The number of hydrogen-bond acceptors (Lipinski definition) is 3. The second kappa shape index (κ2) is 6.61. The zero-order valence-electron chi connectivity index (χ0n) is 11.0. The standard InChI is InChI=1S/C14H13BrClNO2S/c1-17(8-10-4-6-13(16)20-10)14(18)11-7-9(19-2)3-5-12(11)15/h3-7H,8H2,1-2H3. The Labute approximate surface area is 135 Å². The number of carbonyl (C=O) groups is 1. The average molecular weight is 375 g/mol. The molecule has 0 saturated carbocycles. The first-order valence-electron chi connectivity index (χ1n) is 5.84. The van der Waals surface area contributed by atoms with Crippen molar-refractivity contribution in [2.45, 2.75) is 6.54 Å². The van der Waals surface area contributed by atoms with E-state index in [2.05, 4.69) is 15.9 Å². The molecule has 1 amide bonds. The zero-order valence-corrected chi connectivity index (χ0v) is 14.2. The van der Waals surface area contributed by atoms with Crippen LogP contribution in [0.1, 0.15) is 15.2 Å². The van der Waals surface area contributed by atoms with Gasteiger partial charge in [0, 0.05) is 16.4 Å². The van der Waals surface area contributed by atoms with Gasteiger partial charge < -0.3 is 9.64 Å². The van der Waals surface area contributed by atoms with Crippen molar-refractivity contribution in [1.29, 1.82) is 0 Å². The SMILES string of the molecule is COc1ccc(Br)c(C(=O)N(C)Cc2ccc(Cl)s2)c1. The van der Waals surface area contributed by atoms with E-state index < -0.39 is 0 Å². The Morgan fingerprint density at radius 2 is 2.15 bits per heavy atom. The molecule has 1 heterocycles. The first-order valence-corrected chi connectivity index (χ1v) is 7.83. The second-order valence-electron chi connectivity index (χ2n) is 4.21. The summed E-state index contributed by atoms with van der Waals surface area (Å²) >= 11 is 10.8. The molecular weight excluding hydrogens is 362 g/mol. The van der Waals surface area contributed by atoms with Gasteiger partial charge in [-0.25, -0.2) is 0 Å². The minimum absolute atomic E-state index is 0.0692. The van der Waals surface area contributed by atoms with E-state index in [0.29, 0.717) is 17.9 Å². The molecule has 1 aromatic heterocycles. The number of nitrogens with zero attached hydrogens (tertiary/aromatic N) is 1. The molecule has 1 aromatic carbocycles. The fourth-order valence-corrected chi connectivity index (χ4v) is 3.30. The van der Waals surface area contributed by atoms with Crippen LogP contribution in [0.3, 0.4) is 0 Å². The molecule has 0 unspecified atom stereocenters. The third-order valence-corrected chi connectivity index (χ3v) is 4.68. The van der Waals surface area contributed by atoms with Crippen molar-refractivity contribution >= 4 is 44.8 Å². The summed E-state index contributed by atoms with van der Waals surface area (Å²) in [5.41, 5.74) is 0.578. The van der Waals surface area contributed by atoms with Gasteiger partial charge in [0.05, 0.1) is 23.6 Å². The third kappa shape index (κ3) is 3.53. The predicted octanol–water partition coefficient (Wildman–Crippen LogP) is 4.44. The molecule has 0 aliphatic heterocycles. The fraction of sp³-hybridized carbons (Fsp3) is 0.214. The van der Waals surface area contributed by atoms with E-state index in [9.17, 15) is 4.79 Å². The summed E-state index contributed by atoms with van der Waals surface area (Å²) in [6.45, 7) is 0.528. The molecule has 0 fully saturated rings. The summed E-state index contributed by atoms with van der Waals surface area (Å²) in [7, 11) is 3.34. The van der Waals surface area contributed by atoms with Crippen molar-refractivity contribution in [3.63, 3.8) is 0 Å². The number of halogens is 2. The van der Waals surface area contributed by atoms with E-state index in [1.54, 1.807) is 31.2 Å². The van der Waals surface area contributed by atoms with Gasteiger partial charge >= 0.3 is 0 Å². The Bertz CT molecular complexity index is 629. The van der Waals surface area contributed by atoms with E-state index >= 15 is 0 Å². The Morgan fingerprint density at radius 1 is 1.40 bits per heavy atom. The minimum atomic E-state index is -0.0692. The Kier molecular flexibility index (Phi) is 5.07. The molecular formula is C14H13BrClNO2S. The first-order chi connectivity index (χ1) is 9.51. The van der Waals surface area contributed by atoms with Crippen LogP contribution in [-0.4, -0.2) is 25.0 Å². The van der Waals surface area contributed by atoms with Crippen molar-refractivity contribution < 1.29 is 9.53 Å². The summed E-state index contributed by atoms with van der Waals surface area (Å²) in [6, 6.07) is 9.10. The quantitative estimate of drug-likeness (QED) is 0.791. The number of thiophene rings is 1. The highest BCUT2D eigenvalue weighted by atomic mass is 79.9. The molecule has 6 heteroatoms. The number of carbonyl (C=O) groups excluding carboxylic acids is 1. The third-order valence-electron chi connectivity index (χ3n) is 2.77. The van der Waals surface area contributed by atoms with Gasteiger partial charge in [-0.1, -0.05) is 11.6 Å². The zero-order chi connectivity index (χ0) is 14.7. The lowest BCUT2D eigenvalue weighted by molar-refractivity contribution is 0.0785. The lowest BCUT2D eigenvalue weighted by Crippen LogP contribution is -2.26. The molecule has 0 aliphatic carbocycles. The average Bonchev–Trinajstić information content (AvgIpc) is 2.84. The van der Waals surface area contributed by atoms with Crippen molar-refractivity contribution in [1.82, 2.24) is 4.90 Å². The number of hydrogen-bond donors (Lipinski definition) is 0. The number of methoxy groups -OCH3 is 1. The van der Waals surface area contributed by atoms with Crippen LogP contribution in [0.15, 0.2) is 34.8 Å². The Balaban J connectivity index is 2.17. The smallest absolute Gasteiger partial charge is 0.255 e. The molecule has 0 aliphatic rings. The highest BCUT2D eigenvalue weighted by Gasteiger charge is 2.16. The lowest BCUT2D eigenvalue weighted by atomic mass is 10.2. The van der Waals surface area contributed by atoms with Crippen LogP contribution in [-0.2, 0) is 6.54 Å². The largest absolute Gasteiger partial charge is 0.497 e. The van der Waals surface area contributed by atoms with Gasteiger partial charge in [-0.3, -0.25) is 4.79 Å². The van der Waals surface area contributed by atoms with Crippen LogP contribution in [0.5, 0.6) is 5.75 Å². The summed E-state index contributed by atoms with van der Waals surface area (Å²) < 4.78 is 6.63. The Hall–Kier alpha value is -1.04. The normalized spacial score (nSPS) is 10.4. The first kappa shape index (κ1) is 15.4. The van der Waals surface area contributed by atoms with E-state index in [1.165, 1.54) is 11.3 Å². The van der Waals surface area contributed by atoms with Crippen LogP contribution in [0.25, 0.3) is 0 Å². The van der Waals surface area contributed by atoms with Crippen LogP contribution < -0.4 is 4.74 Å². The van der Waals surface area contributed by atoms with Crippen LogP contribution in [0.2, 0.25) is 4.34 Å². The summed E-state index contributed by atoms with van der Waals surface area (Å²) in [4.78, 5) is 15.2. The molecule has 0 radical (unpaired) electrons. The van der Waals surface area contributed by atoms with E-state index in [4.69, 9.17) is 16.3 Å². The molecule has 0 saturated heterocycles. The van der Waals surface area contributed by atoms with Crippen molar-refractivity contribution in [2.75, 3.05) is 14.2 Å². The van der Waals surface area contributed by atoms with Crippen LogP contribution in [0, 0.1) is 0 Å². The summed E-state index contributed by atoms with van der Waals surface area (Å²) in [5, 5.41) is 0. The van der Waals surface area contributed by atoms with E-state index in [-0.39, 0.29) is 5.91 Å². The van der Waals surface area contributed by atoms with Crippen LogP contribution >= 0.6 is 38.9 Å². The van der Waals surface area contributed by atoms with E-state index in [0.717, 1.165) is 13.7 Å². The van der Waals surface area contributed by atoms with Gasteiger partial charge in [0.15, 0.2) is 0 Å².